The Hall–Kier alpha value is -2.90. The molecule has 126 valence electrons. The second-order valence-electron chi connectivity index (χ2n) is 6.34. The average Bonchev–Trinajstić information content (AvgIpc) is 2.91. The molecule has 1 heterocycles. The largest absolute Gasteiger partial charge is 0.298 e. The van der Waals surface area contributed by atoms with Crippen LogP contribution in [0.4, 0.5) is 0 Å². The van der Waals surface area contributed by atoms with Gasteiger partial charge < -0.3 is 0 Å². The van der Waals surface area contributed by atoms with E-state index >= 15 is 0 Å². The first-order chi connectivity index (χ1) is 12.1. The minimum atomic E-state index is 0.735. The first kappa shape index (κ1) is 16.9. The molecule has 0 spiro atoms. The van der Waals surface area contributed by atoms with Gasteiger partial charge in [-0.1, -0.05) is 36.4 Å². The molecule has 2 aromatic carbocycles. The first-order valence-corrected chi connectivity index (χ1v) is 8.37. The predicted molar refractivity (Wildman–Crippen MR) is 99.4 cm³/mol. The number of aryl methyl sites for hydroxylation is 1. The normalized spacial score (nSPS) is 10.8. The monoisotopic (exact) mass is 330 g/mol. The molecule has 3 rings (SSSR count). The molecule has 0 aliphatic heterocycles. The fourth-order valence-electron chi connectivity index (χ4n) is 3.11. The van der Waals surface area contributed by atoms with Gasteiger partial charge in [-0.15, -0.1) is 0 Å². The van der Waals surface area contributed by atoms with Crippen LogP contribution in [0.5, 0.6) is 0 Å². The van der Waals surface area contributed by atoms with Crippen molar-refractivity contribution in [3.05, 3.63) is 82.7 Å². The van der Waals surface area contributed by atoms with Crippen LogP contribution in [-0.4, -0.2) is 21.7 Å². The molecule has 0 atom stereocenters. The van der Waals surface area contributed by atoms with Crippen molar-refractivity contribution in [3.63, 3.8) is 0 Å². The highest BCUT2D eigenvalue weighted by molar-refractivity contribution is 5.38. The van der Waals surface area contributed by atoms with Gasteiger partial charge >= 0.3 is 0 Å². The second kappa shape index (κ2) is 7.33. The lowest BCUT2D eigenvalue weighted by Crippen LogP contribution is -2.18. The van der Waals surface area contributed by atoms with Crippen LogP contribution in [0, 0.1) is 25.2 Å². The zero-order valence-electron chi connectivity index (χ0n) is 14.9. The van der Waals surface area contributed by atoms with Crippen molar-refractivity contribution in [1.82, 2.24) is 14.7 Å². The summed E-state index contributed by atoms with van der Waals surface area (Å²) in [6.07, 6.45) is 0. The summed E-state index contributed by atoms with van der Waals surface area (Å²) < 4.78 is 2.00. The van der Waals surface area contributed by atoms with Crippen molar-refractivity contribution in [2.45, 2.75) is 26.9 Å². The number of rotatable bonds is 5. The highest BCUT2D eigenvalue weighted by atomic mass is 15.3. The fraction of sp³-hybridized carbons (Fsp3) is 0.238. The lowest BCUT2D eigenvalue weighted by molar-refractivity contribution is 0.317. The fourth-order valence-corrected chi connectivity index (χ4v) is 3.11. The Morgan fingerprint density at radius 1 is 1.00 bits per heavy atom. The summed E-state index contributed by atoms with van der Waals surface area (Å²) in [5.74, 6) is 0. The molecule has 4 nitrogen and oxygen atoms in total. The predicted octanol–water partition coefficient (Wildman–Crippen LogP) is 3.99. The van der Waals surface area contributed by atoms with Crippen LogP contribution in [0.15, 0.2) is 54.6 Å². The van der Waals surface area contributed by atoms with Crippen molar-refractivity contribution >= 4 is 0 Å². The van der Waals surface area contributed by atoms with Crippen LogP contribution in [0.25, 0.3) is 5.69 Å². The summed E-state index contributed by atoms with van der Waals surface area (Å²) in [4.78, 5) is 2.22. The van der Waals surface area contributed by atoms with Crippen molar-refractivity contribution in [2.24, 2.45) is 0 Å². The van der Waals surface area contributed by atoms with Gasteiger partial charge in [0.05, 0.1) is 23.0 Å². The van der Waals surface area contributed by atoms with E-state index in [0.717, 1.165) is 41.3 Å². The Bertz CT molecular complexity index is 903. The van der Waals surface area contributed by atoms with E-state index in [1.54, 1.807) is 0 Å². The summed E-state index contributed by atoms with van der Waals surface area (Å²) >= 11 is 0. The molecule has 3 aromatic rings. The van der Waals surface area contributed by atoms with E-state index in [1.165, 1.54) is 5.56 Å². The Balaban J connectivity index is 1.81. The smallest absolute Gasteiger partial charge is 0.0995 e. The van der Waals surface area contributed by atoms with Gasteiger partial charge in [-0.05, 0) is 44.7 Å². The van der Waals surface area contributed by atoms with E-state index in [1.807, 2.05) is 47.1 Å². The summed E-state index contributed by atoms with van der Waals surface area (Å²) in [5.41, 5.74) is 6.31. The molecule has 0 amide bonds. The number of para-hydroxylation sites is 1. The van der Waals surface area contributed by atoms with Gasteiger partial charge in [0, 0.05) is 24.3 Å². The molecule has 0 radical (unpaired) electrons. The van der Waals surface area contributed by atoms with E-state index in [9.17, 15) is 5.26 Å². The SMILES string of the molecule is Cc1nn(-c2ccccc2)c(C)c1CN(C)Cc1ccccc1C#N. The van der Waals surface area contributed by atoms with Gasteiger partial charge in [-0.25, -0.2) is 4.68 Å². The zero-order chi connectivity index (χ0) is 17.8. The van der Waals surface area contributed by atoms with Crippen molar-refractivity contribution in [3.8, 4) is 11.8 Å². The van der Waals surface area contributed by atoms with Gasteiger partial charge in [-0.3, -0.25) is 4.90 Å². The lowest BCUT2D eigenvalue weighted by atomic mass is 10.1. The molecule has 0 fully saturated rings. The van der Waals surface area contributed by atoms with Gasteiger partial charge in [0.15, 0.2) is 0 Å². The quantitative estimate of drug-likeness (QED) is 0.710. The van der Waals surface area contributed by atoms with Crippen LogP contribution >= 0.6 is 0 Å². The number of nitriles is 1. The van der Waals surface area contributed by atoms with Gasteiger partial charge in [-0.2, -0.15) is 10.4 Å². The Kier molecular flexibility index (Phi) is 4.97. The number of nitrogens with zero attached hydrogens (tertiary/aromatic N) is 4. The standard InChI is InChI=1S/C21H22N4/c1-16-21(17(2)25(23-16)20-11-5-4-6-12-20)15-24(3)14-19-10-8-7-9-18(19)13-22/h4-12H,14-15H2,1-3H3. The molecule has 0 aliphatic carbocycles. The molecule has 25 heavy (non-hydrogen) atoms. The number of benzene rings is 2. The van der Waals surface area contributed by atoms with Gasteiger partial charge in [0.25, 0.3) is 0 Å². The number of aromatic nitrogens is 2. The van der Waals surface area contributed by atoms with Gasteiger partial charge in [0.2, 0.25) is 0 Å². The van der Waals surface area contributed by atoms with E-state index in [0.29, 0.717) is 0 Å². The zero-order valence-corrected chi connectivity index (χ0v) is 14.9. The molecular formula is C21H22N4. The third-order valence-electron chi connectivity index (χ3n) is 4.45. The number of hydrogen-bond donors (Lipinski definition) is 0. The van der Waals surface area contributed by atoms with Crippen LogP contribution in [0.2, 0.25) is 0 Å². The summed E-state index contributed by atoms with van der Waals surface area (Å²) in [6.45, 7) is 5.70. The van der Waals surface area contributed by atoms with Crippen LogP contribution in [-0.2, 0) is 13.1 Å². The van der Waals surface area contributed by atoms with E-state index in [4.69, 9.17) is 5.10 Å². The lowest BCUT2D eigenvalue weighted by Gasteiger charge is -2.18. The van der Waals surface area contributed by atoms with Crippen molar-refractivity contribution in [1.29, 1.82) is 5.26 Å². The summed E-state index contributed by atoms with van der Waals surface area (Å²) in [7, 11) is 2.08. The van der Waals surface area contributed by atoms with Crippen LogP contribution < -0.4 is 0 Å². The molecule has 0 N–H and O–H groups in total. The molecule has 0 unspecified atom stereocenters. The van der Waals surface area contributed by atoms with Gasteiger partial charge in [0.1, 0.15) is 0 Å². The maximum Gasteiger partial charge on any atom is 0.0995 e. The molecule has 0 saturated heterocycles. The van der Waals surface area contributed by atoms with E-state index in [-0.39, 0.29) is 0 Å². The first-order valence-electron chi connectivity index (χ1n) is 8.37. The Morgan fingerprint density at radius 2 is 1.68 bits per heavy atom. The van der Waals surface area contributed by atoms with Crippen LogP contribution in [0.3, 0.4) is 0 Å². The van der Waals surface area contributed by atoms with Crippen LogP contribution in [0.1, 0.15) is 28.1 Å². The minimum absolute atomic E-state index is 0.735. The molecule has 1 aromatic heterocycles. The molecule has 4 heteroatoms. The van der Waals surface area contributed by atoms with Crippen molar-refractivity contribution in [2.75, 3.05) is 7.05 Å². The maximum absolute atomic E-state index is 9.26. The Labute approximate surface area is 148 Å². The summed E-state index contributed by atoms with van der Waals surface area (Å²) in [5, 5.41) is 14.0. The molecular weight excluding hydrogens is 308 g/mol. The topological polar surface area (TPSA) is 44.9 Å². The molecule has 0 bridgehead atoms. The van der Waals surface area contributed by atoms with Crippen molar-refractivity contribution < 1.29 is 0 Å². The maximum atomic E-state index is 9.26. The third-order valence-corrected chi connectivity index (χ3v) is 4.45. The minimum Gasteiger partial charge on any atom is -0.298 e. The van der Waals surface area contributed by atoms with E-state index in [2.05, 4.69) is 44.0 Å². The summed E-state index contributed by atoms with van der Waals surface area (Å²) in [6, 6.07) is 20.2. The molecule has 0 saturated carbocycles. The molecule has 0 aliphatic rings. The average molecular weight is 330 g/mol. The third kappa shape index (κ3) is 3.62. The Morgan fingerprint density at radius 3 is 2.40 bits per heavy atom. The highest BCUT2D eigenvalue weighted by Crippen LogP contribution is 2.20. The number of hydrogen-bond acceptors (Lipinski definition) is 3. The van der Waals surface area contributed by atoms with E-state index < -0.39 is 0 Å². The second-order valence-corrected chi connectivity index (χ2v) is 6.34. The highest BCUT2D eigenvalue weighted by Gasteiger charge is 2.15.